The molecule has 1 amide bonds. The largest absolute Gasteiger partial charge is 0.433 e. The van der Waals surface area contributed by atoms with Crippen LogP contribution >= 0.6 is 0 Å². The van der Waals surface area contributed by atoms with Crippen molar-refractivity contribution in [2.75, 3.05) is 13.2 Å². The number of amides is 1. The van der Waals surface area contributed by atoms with Crippen LogP contribution in [0.15, 0.2) is 30.3 Å². The molecule has 0 saturated carbocycles. The molecule has 0 unspecified atom stereocenters. The standard InChI is InChI=1S/C19H18F3N5O2/c1-11-4-6-12(7-5-11)14-9-15(19(20,21)22)27-18(24-14)25-16(26-27)17(28)23-10-13-3-2-8-29-13/h4-7,9,13H,2-3,8,10H2,1H3,(H,23,28)/t13-/m1/s1. The Balaban J connectivity index is 1.70. The van der Waals surface area contributed by atoms with Gasteiger partial charge in [-0.2, -0.15) is 22.7 Å². The lowest BCUT2D eigenvalue weighted by molar-refractivity contribution is -0.142. The molecule has 10 heteroatoms. The van der Waals surface area contributed by atoms with Crippen molar-refractivity contribution in [3.63, 3.8) is 0 Å². The van der Waals surface area contributed by atoms with Gasteiger partial charge in [-0.05, 0) is 25.8 Å². The van der Waals surface area contributed by atoms with E-state index in [0.717, 1.165) is 24.5 Å². The molecule has 4 rings (SSSR count). The number of ether oxygens (including phenoxy) is 1. The molecule has 0 radical (unpaired) electrons. The number of carbonyl (C=O) groups is 1. The zero-order valence-electron chi connectivity index (χ0n) is 15.5. The fraction of sp³-hybridized carbons (Fsp3) is 0.368. The molecule has 2 aromatic heterocycles. The molecular formula is C19H18F3N5O2. The fourth-order valence-corrected chi connectivity index (χ4v) is 3.13. The number of hydrogen-bond acceptors (Lipinski definition) is 5. The van der Waals surface area contributed by atoms with Crippen molar-refractivity contribution in [3.8, 4) is 11.3 Å². The van der Waals surface area contributed by atoms with Crippen molar-refractivity contribution in [3.05, 3.63) is 47.4 Å². The molecule has 29 heavy (non-hydrogen) atoms. The van der Waals surface area contributed by atoms with Crippen molar-refractivity contribution in [2.45, 2.75) is 32.0 Å². The van der Waals surface area contributed by atoms with E-state index in [0.29, 0.717) is 16.7 Å². The number of nitrogens with zero attached hydrogens (tertiary/aromatic N) is 4. The van der Waals surface area contributed by atoms with E-state index >= 15 is 0 Å². The third kappa shape index (κ3) is 4.07. The van der Waals surface area contributed by atoms with Crippen LogP contribution in [0.4, 0.5) is 13.2 Å². The van der Waals surface area contributed by atoms with Crippen molar-refractivity contribution in [1.82, 2.24) is 24.9 Å². The Morgan fingerprint density at radius 2 is 2.03 bits per heavy atom. The minimum atomic E-state index is -4.69. The second-order valence-corrected chi connectivity index (χ2v) is 6.88. The highest BCUT2D eigenvalue weighted by Crippen LogP contribution is 2.32. The van der Waals surface area contributed by atoms with E-state index in [9.17, 15) is 18.0 Å². The smallest absolute Gasteiger partial charge is 0.376 e. The predicted molar refractivity (Wildman–Crippen MR) is 97.3 cm³/mol. The number of carbonyl (C=O) groups excluding carboxylic acids is 1. The van der Waals surface area contributed by atoms with Crippen molar-refractivity contribution in [2.24, 2.45) is 0 Å². The highest BCUT2D eigenvalue weighted by atomic mass is 19.4. The van der Waals surface area contributed by atoms with Crippen LogP contribution in [-0.4, -0.2) is 44.7 Å². The Hall–Kier alpha value is -3.01. The summed E-state index contributed by atoms with van der Waals surface area (Å²) in [6, 6.07) is 7.82. The zero-order valence-corrected chi connectivity index (χ0v) is 15.5. The molecule has 7 nitrogen and oxygen atoms in total. The van der Waals surface area contributed by atoms with E-state index in [-0.39, 0.29) is 29.9 Å². The summed E-state index contributed by atoms with van der Waals surface area (Å²) < 4.78 is 46.8. The van der Waals surface area contributed by atoms with E-state index in [4.69, 9.17) is 4.74 Å². The number of fused-ring (bicyclic) bond motifs is 1. The SMILES string of the molecule is Cc1ccc(-c2cc(C(F)(F)F)n3nc(C(=O)NC[C@H]4CCCO4)nc3n2)cc1. The fourth-order valence-electron chi connectivity index (χ4n) is 3.13. The summed E-state index contributed by atoms with van der Waals surface area (Å²) in [5.41, 5.74) is 0.529. The first-order valence-corrected chi connectivity index (χ1v) is 9.13. The molecule has 1 fully saturated rings. The number of rotatable bonds is 4. The zero-order chi connectivity index (χ0) is 20.6. The summed E-state index contributed by atoms with van der Waals surface area (Å²) >= 11 is 0. The summed E-state index contributed by atoms with van der Waals surface area (Å²) in [5.74, 6) is -1.34. The topological polar surface area (TPSA) is 81.4 Å². The van der Waals surface area contributed by atoms with E-state index < -0.39 is 17.8 Å². The van der Waals surface area contributed by atoms with Crippen LogP contribution in [-0.2, 0) is 10.9 Å². The Labute approximate surface area is 163 Å². The summed E-state index contributed by atoms with van der Waals surface area (Å²) in [6.45, 7) is 2.76. The average Bonchev–Trinajstić information content (AvgIpc) is 3.34. The number of hydrogen-bond donors (Lipinski definition) is 1. The Morgan fingerprint density at radius 1 is 1.28 bits per heavy atom. The quantitative estimate of drug-likeness (QED) is 0.722. The molecule has 1 saturated heterocycles. The maximum absolute atomic E-state index is 13.6. The molecule has 0 bridgehead atoms. The lowest BCUT2D eigenvalue weighted by Crippen LogP contribution is -2.32. The summed E-state index contributed by atoms with van der Waals surface area (Å²) in [5, 5.41) is 6.34. The van der Waals surface area contributed by atoms with Gasteiger partial charge in [0.25, 0.3) is 11.7 Å². The molecule has 1 aliphatic heterocycles. The van der Waals surface area contributed by atoms with Gasteiger partial charge in [0.1, 0.15) is 0 Å². The summed E-state index contributed by atoms with van der Waals surface area (Å²) in [7, 11) is 0. The molecule has 0 aliphatic carbocycles. The van der Waals surface area contributed by atoms with E-state index in [1.54, 1.807) is 24.3 Å². The third-order valence-corrected chi connectivity index (χ3v) is 4.67. The molecule has 1 aromatic carbocycles. The first-order chi connectivity index (χ1) is 13.8. The van der Waals surface area contributed by atoms with Gasteiger partial charge in [-0.25, -0.2) is 4.98 Å². The Kier molecular flexibility index (Phi) is 4.95. The van der Waals surface area contributed by atoms with Gasteiger partial charge in [0.15, 0.2) is 5.69 Å². The Morgan fingerprint density at radius 3 is 2.69 bits per heavy atom. The van der Waals surface area contributed by atoms with E-state index in [2.05, 4.69) is 20.4 Å². The lowest BCUT2D eigenvalue weighted by Gasteiger charge is -2.10. The third-order valence-electron chi connectivity index (χ3n) is 4.67. The maximum atomic E-state index is 13.6. The summed E-state index contributed by atoms with van der Waals surface area (Å²) in [4.78, 5) is 20.4. The molecule has 3 aromatic rings. The predicted octanol–water partition coefficient (Wildman–Crippen LogP) is 3.03. The second kappa shape index (κ2) is 7.43. The van der Waals surface area contributed by atoms with Crippen LogP contribution in [0.3, 0.4) is 0 Å². The van der Waals surface area contributed by atoms with Crippen LogP contribution < -0.4 is 5.32 Å². The number of halogens is 3. The average molecular weight is 405 g/mol. The lowest BCUT2D eigenvalue weighted by atomic mass is 10.1. The first kappa shape index (κ1) is 19.3. The van der Waals surface area contributed by atoms with E-state index in [1.807, 2.05) is 6.92 Å². The van der Waals surface area contributed by atoms with Gasteiger partial charge in [0.05, 0.1) is 11.8 Å². The first-order valence-electron chi connectivity index (χ1n) is 9.13. The molecular weight excluding hydrogens is 387 g/mol. The molecule has 152 valence electrons. The number of aryl methyl sites for hydroxylation is 1. The van der Waals surface area contributed by atoms with Gasteiger partial charge in [0.2, 0.25) is 5.82 Å². The minimum absolute atomic E-state index is 0.100. The van der Waals surface area contributed by atoms with Gasteiger partial charge < -0.3 is 10.1 Å². The normalized spacial score (nSPS) is 17.0. The number of benzene rings is 1. The van der Waals surface area contributed by atoms with Crippen LogP contribution in [0, 0.1) is 6.92 Å². The van der Waals surface area contributed by atoms with Gasteiger partial charge in [-0.1, -0.05) is 29.8 Å². The van der Waals surface area contributed by atoms with Gasteiger partial charge in [-0.3, -0.25) is 4.79 Å². The summed E-state index contributed by atoms with van der Waals surface area (Å²) in [6.07, 6.45) is -3.07. The van der Waals surface area contributed by atoms with Crippen LogP contribution in [0.5, 0.6) is 0 Å². The number of aromatic nitrogens is 4. The van der Waals surface area contributed by atoms with Crippen LogP contribution in [0.25, 0.3) is 17.0 Å². The van der Waals surface area contributed by atoms with Crippen LogP contribution in [0.2, 0.25) is 0 Å². The highest BCUT2D eigenvalue weighted by Gasteiger charge is 2.36. The van der Waals surface area contributed by atoms with Gasteiger partial charge in [-0.15, -0.1) is 5.10 Å². The van der Waals surface area contributed by atoms with Gasteiger partial charge >= 0.3 is 6.18 Å². The van der Waals surface area contributed by atoms with E-state index in [1.165, 1.54) is 0 Å². The molecule has 0 spiro atoms. The minimum Gasteiger partial charge on any atom is -0.376 e. The van der Waals surface area contributed by atoms with Crippen molar-refractivity contribution >= 4 is 11.7 Å². The van der Waals surface area contributed by atoms with Crippen molar-refractivity contribution in [1.29, 1.82) is 0 Å². The molecule has 1 atom stereocenters. The molecule has 1 N–H and O–H groups in total. The number of alkyl halides is 3. The maximum Gasteiger partial charge on any atom is 0.433 e. The molecule has 3 heterocycles. The van der Waals surface area contributed by atoms with Crippen molar-refractivity contribution < 1.29 is 22.7 Å². The monoisotopic (exact) mass is 405 g/mol. The number of nitrogens with one attached hydrogen (secondary N) is 1. The molecule has 1 aliphatic rings. The van der Waals surface area contributed by atoms with Gasteiger partial charge in [0, 0.05) is 18.7 Å². The second-order valence-electron chi connectivity index (χ2n) is 6.88. The highest BCUT2D eigenvalue weighted by molar-refractivity contribution is 5.90. The van der Waals surface area contributed by atoms with Crippen LogP contribution in [0.1, 0.15) is 34.7 Å². The Bertz CT molecular complexity index is 1040.